The van der Waals surface area contributed by atoms with Gasteiger partial charge in [0.15, 0.2) is 0 Å². The fourth-order valence-electron chi connectivity index (χ4n) is 2.80. The Labute approximate surface area is 141 Å². The van der Waals surface area contributed by atoms with E-state index in [1.165, 1.54) is 0 Å². The van der Waals surface area contributed by atoms with Crippen molar-refractivity contribution in [1.29, 1.82) is 5.41 Å². The molecule has 0 aliphatic heterocycles. The monoisotopic (exact) mass is 359 g/mol. The Kier molecular flexibility index (Phi) is 3.42. The molecule has 2 aromatic carbocycles. The summed E-state index contributed by atoms with van der Waals surface area (Å²) >= 11 is 0. The maximum absolute atomic E-state index is 11.3. The number of nitro groups is 4. The van der Waals surface area contributed by atoms with Crippen LogP contribution in [0, 0.1) is 45.9 Å². The van der Waals surface area contributed by atoms with Gasteiger partial charge in [-0.15, -0.1) is 0 Å². The third-order valence-corrected chi connectivity index (χ3v) is 3.81. The van der Waals surface area contributed by atoms with Crippen molar-refractivity contribution in [3.63, 3.8) is 0 Å². The fraction of sp³-hybridized carbons (Fsp3) is 0. The standard InChI is InChI=1S/C13H5N5O8/c14-13-11-7(1-5(15(19)20)3-9(11)17(23)24)8-2-6(16(21)22)4-10(12(8)13)18(25)26/h1-4,14H. The van der Waals surface area contributed by atoms with Gasteiger partial charge in [0.2, 0.25) is 0 Å². The van der Waals surface area contributed by atoms with Crippen LogP contribution in [-0.4, -0.2) is 25.4 Å². The Morgan fingerprint density at radius 2 is 0.962 bits per heavy atom. The summed E-state index contributed by atoms with van der Waals surface area (Å²) in [6, 6.07) is 3.07. The lowest BCUT2D eigenvalue weighted by atomic mass is 10.0. The van der Waals surface area contributed by atoms with Crippen molar-refractivity contribution in [2.24, 2.45) is 0 Å². The molecule has 0 spiro atoms. The molecular weight excluding hydrogens is 354 g/mol. The van der Waals surface area contributed by atoms with Crippen molar-refractivity contribution in [2.75, 3.05) is 0 Å². The van der Waals surface area contributed by atoms with E-state index in [4.69, 9.17) is 5.41 Å². The number of fused-ring (bicyclic) bond motifs is 3. The highest BCUT2D eigenvalue weighted by Crippen LogP contribution is 2.47. The van der Waals surface area contributed by atoms with Crippen LogP contribution in [-0.2, 0) is 0 Å². The van der Waals surface area contributed by atoms with E-state index in [0.717, 1.165) is 12.1 Å². The molecule has 0 bridgehead atoms. The molecule has 130 valence electrons. The van der Waals surface area contributed by atoms with Crippen LogP contribution >= 0.6 is 0 Å². The molecule has 1 N–H and O–H groups in total. The summed E-state index contributed by atoms with van der Waals surface area (Å²) in [5.74, 6) is 0. The zero-order valence-electron chi connectivity index (χ0n) is 12.4. The van der Waals surface area contributed by atoms with Crippen molar-refractivity contribution in [1.82, 2.24) is 0 Å². The van der Waals surface area contributed by atoms with Crippen LogP contribution in [0.15, 0.2) is 24.3 Å². The van der Waals surface area contributed by atoms with Gasteiger partial charge in [0.1, 0.15) is 0 Å². The number of benzene rings is 2. The Morgan fingerprint density at radius 3 is 1.23 bits per heavy atom. The normalized spacial score (nSPS) is 11.6. The minimum absolute atomic E-state index is 0.210. The van der Waals surface area contributed by atoms with Crippen LogP contribution in [0.4, 0.5) is 22.7 Å². The molecule has 0 radical (unpaired) electrons. The molecule has 0 heterocycles. The third-order valence-electron chi connectivity index (χ3n) is 3.81. The van der Waals surface area contributed by atoms with E-state index < -0.39 is 48.2 Å². The predicted molar refractivity (Wildman–Crippen MR) is 84.4 cm³/mol. The van der Waals surface area contributed by atoms with E-state index in [0.29, 0.717) is 12.1 Å². The van der Waals surface area contributed by atoms with Crippen LogP contribution in [0.2, 0.25) is 0 Å². The molecule has 0 amide bonds. The molecule has 13 heteroatoms. The molecule has 0 unspecified atom stereocenters. The van der Waals surface area contributed by atoms with Crippen molar-refractivity contribution in [2.45, 2.75) is 0 Å². The second kappa shape index (κ2) is 5.37. The van der Waals surface area contributed by atoms with Crippen LogP contribution in [0.3, 0.4) is 0 Å². The molecule has 0 saturated heterocycles. The van der Waals surface area contributed by atoms with Gasteiger partial charge in [0.25, 0.3) is 22.7 Å². The van der Waals surface area contributed by atoms with Gasteiger partial charge in [0, 0.05) is 23.3 Å². The van der Waals surface area contributed by atoms with Gasteiger partial charge in [-0.1, -0.05) is 0 Å². The summed E-state index contributed by atoms with van der Waals surface area (Å²) < 4.78 is 0. The zero-order valence-corrected chi connectivity index (χ0v) is 12.4. The minimum Gasteiger partial charge on any atom is -0.299 e. The van der Waals surface area contributed by atoms with E-state index in [-0.39, 0.29) is 22.3 Å². The summed E-state index contributed by atoms with van der Waals surface area (Å²) in [6.45, 7) is 0. The lowest BCUT2D eigenvalue weighted by Gasteiger charge is -2.02. The number of rotatable bonds is 4. The summed E-state index contributed by atoms with van der Waals surface area (Å²) in [5, 5.41) is 52.7. The topological polar surface area (TPSA) is 196 Å². The largest absolute Gasteiger partial charge is 0.299 e. The molecule has 0 aromatic heterocycles. The van der Waals surface area contributed by atoms with E-state index in [1.54, 1.807) is 0 Å². The number of nitrogens with one attached hydrogen (secondary N) is 1. The van der Waals surface area contributed by atoms with Gasteiger partial charge in [0.05, 0.1) is 48.7 Å². The van der Waals surface area contributed by atoms with Crippen LogP contribution in [0.1, 0.15) is 11.1 Å². The van der Waals surface area contributed by atoms with Crippen LogP contribution < -0.4 is 0 Å². The summed E-state index contributed by atoms with van der Waals surface area (Å²) in [5.41, 5.74) is -4.66. The summed E-state index contributed by atoms with van der Waals surface area (Å²) in [4.78, 5) is 40.9. The molecular formula is C13H5N5O8. The van der Waals surface area contributed by atoms with E-state index in [9.17, 15) is 40.5 Å². The average Bonchev–Trinajstić information content (AvgIpc) is 2.85. The van der Waals surface area contributed by atoms with E-state index in [2.05, 4.69) is 0 Å². The van der Waals surface area contributed by atoms with Gasteiger partial charge >= 0.3 is 0 Å². The van der Waals surface area contributed by atoms with E-state index in [1.807, 2.05) is 0 Å². The first-order chi connectivity index (χ1) is 12.1. The Balaban J connectivity index is 2.47. The number of hydrogen-bond acceptors (Lipinski definition) is 9. The van der Waals surface area contributed by atoms with E-state index >= 15 is 0 Å². The Hall–Kier alpha value is -4.29. The fourth-order valence-corrected chi connectivity index (χ4v) is 2.80. The van der Waals surface area contributed by atoms with Gasteiger partial charge in [-0.25, -0.2) is 0 Å². The van der Waals surface area contributed by atoms with Crippen molar-refractivity contribution in [3.05, 3.63) is 75.8 Å². The maximum Gasteiger partial charge on any atom is 0.286 e. The Morgan fingerprint density at radius 1 is 0.615 bits per heavy atom. The molecule has 1 aliphatic rings. The molecule has 1 aliphatic carbocycles. The lowest BCUT2D eigenvalue weighted by molar-refractivity contribution is -0.394. The average molecular weight is 359 g/mol. The molecule has 0 saturated carbocycles. The first-order valence-corrected chi connectivity index (χ1v) is 6.66. The number of nitro benzene ring substituents is 4. The minimum atomic E-state index is -0.952. The van der Waals surface area contributed by atoms with Crippen molar-refractivity contribution >= 4 is 28.5 Å². The smallest absolute Gasteiger partial charge is 0.286 e. The highest BCUT2D eigenvalue weighted by Gasteiger charge is 2.40. The van der Waals surface area contributed by atoms with Gasteiger partial charge in [-0.2, -0.15) is 0 Å². The van der Waals surface area contributed by atoms with Crippen molar-refractivity contribution in [3.8, 4) is 11.1 Å². The maximum atomic E-state index is 11.3. The van der Waals surface area contributed by atoms with Gasteiger partial charge in [-0.05, 0) is 0 Å². The third kappa shape index (κ3) is 2.22. The quantitative estimate of drug-likeness (QED) is 0.541. The predicted octanol–water partition coefficient (Wildman–Crippen LogP) is 2.72. The van der Waals surface area contributed by atoms with Crippen molar-refractivity contribution < 1.29 is 19.7 Å². The zero-order chi connectivity index (χ0) is 19.3. The highest BCUT2D eigenvalue weighted by molar-refractivity contribution is 6.27. The number of non-ortho nitro benzene ring substituents is 2. The molecule has 13 nitrogen and oxygen atoms in total. The molecule has 3 rings (SSSR count). The Bertz CT molecular complexity index is 993. The first kappa shape index (κ1) is 16.6. The van der Waals surface area contributed by atoms with Crippen LogP contribution in [0.5, 0.6) is 0 Å². The van der Waals surface area contributed by atoms with Crippen LogP contribution in [0.25, 0.3) is 11.1 Å². The molecule has 26 heavy (non-hydrogen) atoms. The van der Waals surface area contributed by atoms with Gasteiger partial charge in [-0.3, -0.25) is 45.9 Å². The summed E-state index contributed by atoms with van der Waals surface area (Å²) in [7, 11) is 0. The number of hydrogen-bond donors (Lipinski definition) is 1. The summed E-state index contributed by atoms with van der Waals surface area (Å²) in [6.07, 6.45) is 0. The number of nitrogens with zero attached hydrogens (tertiary/aromatic N) is 4. The molecule has 2 aromatic rings. The lowest BCUT2D eigenvalue weighted by Crippen LogP contribution is -2.05. The molecule has 0 fully saturated rings. The molecule has 0 atom stereocenters. The first-order valence-electron chi connectivity index (χ1n) is 6.66. The highest BCUT2D eigenvalue weighted by atomic mass is 16.6. The SMILES string of the molecule is N=C1c2c(cc([N+](=O)[O-])cc2[N+](=O)[O-])-c2cc([N+](=O)[O-])cc([N+](=O)[O-])c21. The second-order valence-electron chi connectivity index (χ2n) is 5.18. The second-order valence-corrected chi connectivity index (χ2v) is 5.18. The van der Waals surface area contributed by atoms with Gasteiger partial charge < -0.3 is 0 Å².